The van der Waals surface area contributed by atoms with Gasteiger partial charge in [0.05, 0.1) is 12.4 Å². The summed E-state index contributed by atoms with van der Waals surface area (Å²) in [4.78, 5) is 3.48. The molecule has 0 saturated heterocycles. The van der Waals surface area contributed by atoms with Crippen molar-refractivity contribution >= 4 is 12.4 Å². The van der Waals surface area contributed by atoms with Crippen LogP contribution >= 0.6 is 12.4 Å². The normalized spacial score (nSPS) is 8.00. The van der Waals surface area contributed by atoms with Gasteiger partial charge in [-0.05, 0) is 0 Å². The highest BCUT2D eigenvalue weighted by Crippen LogP contribution is 2.12. The van der Waals surface area contributed by atoms with Crippen LogP contribution in [0.25, 0.3) is 0 Å². The lowest BCUT2D eigenvalue weighted by molar-refractivity contribution is 0.446. The van der Waals surface area contributed by atoms with Crippen molar-refractivity contribution in [1.29, 1.82) is 0 Å². The van der Waals surface area contributed by atoms with Crippen molar-refractivity contribution in [3.05, 3.63) is 18.5 Å². The van der Waals surface area contributed by atoms with E-state index in [1.54, 1.807) is 0 Å². The zero-order valence-electron chi connectivity index (χ0n) is 4.48. The quantitative estimate of drug-likeness (QED) is 0.574. The van der Waals surface area contributed by atoms with Crippen LogP contribution in [0.2, 0.25) is 0 Å². The Bertz CT molecular complexity index is 175. The second-order valence-corrected chi connectivity index (χ2v) is 1.40. The summed E-state index contributed by atoms with van der Waals surface area (Å²) in [5.74, 6) is -0.0463. The summed E-state index contributed by atoms with van der Waals surface area (Å²) in [6, 6.07) is 1.22. The highest BCUT2D eigenvalue weighted by Gasteiger charge is 1.86. The van der Waals surface area contributed by atoms with Gasteiger partial charge in [0, 0.05) is 6.07 Å². The molecule has 1 aromatic rings. The van der Waals surface area contributed by atoms with Crippen molar-refractivity contribution in [2.45, 2.75) is 0 Å². The Labute approximate surface area is 58.4 Å². The predicted molar refractivity (Wildman–Crippen MR) is 34.8 cm³/mol. The van der Waals surface area contributed by atoms with Gasteiger partial charge in [0.2, 0.25) is 0 Å². The van der Waals surface area contributed by atoms with Gasteiger partial charge in [0.25, 0.3) is 0 Å². The summed E-state index contributed by atoms with van der Waals surface area (Å²) in [6.45, 7) is 0. The molecule has 2 N–H and O–H groups in total. The van der Waals surface area contributed by atoms with Crippen molar-refractivity contribution < 1.29 is 10.2 Å². The Kier molecular flexibility index (Phi) is 2.81. The molecule has 0 aliphatic heterocycles. The molecule has 50 valence electrons. The minimum Gasteiger partial charge on any atom is -0.506 e. The SMILES string of the molecule is Cl.Oc1cncc(O)c1. The standard InChI is InChI=1S/C5H5NO2.ClH/c7-4-1-5(8)3-6-2-4;/h1-3,7-8H;1H. The average molecular weight is 148 g/mol. The summed E-state index contributed by atoms with van der Waals surface area (Å²) in [6.07, 6.45) is 2.50. The first-order valence-corrected chi connectivity index (χ1v) is 2.12. The van der Waals surface area contributed by atoms with Crippen LogP contribution in [0.3, 0.4) is 0 Å². The minimum absolute atomic E-state index is 0. The molecule has 0 saturated carbocycles. The molecule has 0 fully saturated rings. The van der Waals surface area contributed by atoms with Crippen molar-refractivity contribution in [1.82, 2.24) is 4.98 Å². The van der Waals surface area contributed by atoms with Crippen molar-refractivity contribution in [2.75, 3.05) is 0 Å². The Morgan fingerprint density at radius 2 is 1.56 bits per heavy atom. The maximum atomic E-state index is 8.59. The van der Waals surface area contributed by atoms with E-state index in [0.717, 1.165) is 0 Å². The average Bonchev–Trinajstić information content (AvgIpc) is 1.64. The molecule has 3 nitrogen and oxygen atoms in total. The van der Waals surface area contributed by atoms with Crippen LogP contribution in [0.5, 0.6) is 11.5 Å². The smallest absolute Gasteiger partial charge is 0.137 e. The molecule has 1 aromatic heterocycles. The largest absolute Gasteiger partial charge is 0.506 e. The number of aromatic hydroxyl groups is 2. The van der Waals surface area contributed by atoms with Crippen LogP contribution in [0.15, 0.2) is 18.5 Å². The van der Waals surface area contributed by atoms with Crippen LogP contribution < -0.4 is 0 Å². The molecular formula is C5H6ClNO2. The lowest BCUT2D eigenvalue weighted by Gasteiger charge is -1.88. The van der Waals surface area contributed by atoms with Gasteiger partial charge in [-0.3, -0.25) is 4.98 Å². The first-order chi connectivity index (χ1) is 3.79. The van der Waals surface area contributed by atoms with Crippen LogP contribution in [-0.4, -0.2) is 15.2 Å². The van der Waals surface area contributed by atoms with Gasteiger partial charge in [0.15, 0.2) is 0 Å². The monoisotopic (exact) mass is 147 g/mol. The molecule has 1 rings (SSSR count). The summed E-state index contributed by atoms with van der Waals surface area (Å²) in [5.41, 5.74) is 0. The molecule has 4 heteroatoms. The summed E-state index contributed by atoms with van der Waals surface area (Å²) >= 11 is 0. The molecule has 0 atom stereocenters. The number of hydrogen-bond donors (Lipinski definition) is 2. The van der Waals surface area contributed by atoms with E-state index in [9.17, 15) is 0 Å². The van der Waals surface area contributed by atoms with E-state index < -0.39 is 0 Å². The number of halogens is 1. The zero-order chi connectivity index (χ0) is 5.98. The fourth-order valence-corrected chi connectivity index (χ4v) is 0.416. The van der Waals surface area contributed by atoms with Crippen molar-refractivity contribution in [3.63, 3.8) is 0 Å². The van der Waals surface area contributed by atoms with Crippen LogP contribution in [0.1, 0.15) is 0 Å². The molecule has 0 aliphatic rings. The van der Waals surface area contributed by atoms with Crippen molar-refractivity contribution in [2.24, 2.45) is 0 Å². The van der Waals surface area contributed by atoms with E-state index in [1.165, 1.54) is 18.5 Å². The second kappa shape index (κ2) is 3.14. The van der Waals surface area contributed by atoms with Gasteiger partial charge >= 0.3 is 0 Å². The molecule has 0 radical (unpaired) electrons. The predicted octanol–water partition coefficient (Wildman–Crippen LogP) is 0.915. The van der Waals surface area contributed by atoms with Gasteiger partial charge in [-0.15, -0.1) is 12.4 Å². The van der Waals surface area contributed by atoms with E-state index in [1.807, 2.05) is 0 Å². The van der Waals surface area contributed by atoms with Crippen molar-refractivity contribution in [3.8, 4) is 11.5 Å². The molecule has 1 heterocycles. The van der Waals surface area contributed by atoms with E-state index in [-0.39, 0.29) is 23.9 Å². The van der Waals surface area contributed by atoms with E-state index >= 15 is 0 Å². The Hall–Kier alpha value is -0.960. The molecule has 0 aromatic carbocycles. The maximum absolute atomic E-state index is 8.59. The second-order valence-electron chi connectivity index (χ2n) is 1.40. The highest BCUT2D eigenvalue weighted by molar-refractivity contribution is 5.85. The third-order valence-electron chi connectivity index (χ3n) is 0.709. The first kappa shape index (κ1) is 8.04. The summed E-state index contributed by atoms with van der Waals surface area (Å²) < 4.78 is 0. The minimum atomic E-state index is -0.0231. The number of aromatic nitrogens is 1. The zero-order valence-corrected chi connectivity index (χ0v) is 5.30. The Morgan fingerprint density at radius 1 is 1.11 bits per heavy atom. The topological polar surface area (TPSA) is 53.4 Å². The fourth-order valence-electron chi connectivity index (χ4n) is 0.416. The van der Waals surface area contributed by atoms with Gasteiger partial charge in [-0.1, -0.05) is 0 Å². The lowest BCUT2D eigenvalue weighted by Crippen LogP contribution is -1.68. The van der Waals surface area contributed by atoms with Gasteiger partial charge < -0.3 is 10.2 Å². The summed E-state index contributed by atoms with van der Waals surface area (Å²) in [7, 11) is 0. The molecule has 0 spiro atoms. The van der Waals surface area contributed by atoms with E-state index in [0.29, 0.717) is 0 Å². The molecule has 0 amide bonds. The fraction of sp³-hybridized carbons (Fsp3) is 0. The van der Waals surface area contributed by atoms with E-state index in [4.69, 9.17) is 10.2 Å². The van der Waals surface area contributed by atoms with Crippen LogP contribution in [0, 0.1) is 0 Å². The molecule has 0 unspecified atom stereocenters. The molecular weight excluding hydrogens is 142 g/mol. The molecule has 9 heavy (non-hydrogen) atoms. The van der Waals surface area contributed by atoms with Gasteiger partial charge in [-0.2, -0.15) is 0 Å². The van der Waals surface area contributed by atoms with Crippen LogP contribution in [0.4, 0.5) is 0 Å². The molecule has 0 aliphatic carbocycles. The third-order valence-corrected chi connectivity index (χ3v) is 0.709. The first-order valence-electron chi connectivity index (χ1n) is 2.12. The third kappa shape index (κ3) is 2.19. The maximum Gasteiger partial charge on any atom is 0.137 e. The van der Waals surface area contributed by atoms with Crippen LogP contribution in [-0.2, 0) is 0 Å². The number of rotatable bonds is 0. The summed E-state index contributed by atoms with van der Waals surface area (Å²) in [5, 5.41) is 17.2. The Morgan fingerprint density at radius 3 is 1.78 bits per heavy atom. The lowest BCUT2D eigenvalue weighted by atomic mass is 10.4. The number of nitrogens with zero attached hydrogens (tertiary/aromatic N) is 1. The molecule has 0 bridgehead atoms. The number of hydrogen-bond acceptors (Lipinski definition) is 3. The number of pyridine rings is 1. The highest BCUT2D eigenvalue weighted by atomic mass is 35.5. The Balaban J connectivity index is 0.000000640. The van der Waals surface area contributed by atoms with Gasteiger partial charge in [0.1, 0.15) is 11.5 Å². The van der Waals surface area contributed by atoms with E-state index in [2.05, 4.69) is 4.98 Å². The van der Waals surface area contributed by atoms with Gasteiger partial charge in [-0.25, -0.2) is 0 Å².